The molecule has 0 saturated heterocycles. The highest BCUT2D eigenvalue weighted by molar-refractivity contribution is 7.92. The van der Waals surface area contributed by atoms with Crippen molar-refractivity contribution in [2.45, 2.75) is 52.1 Å². The number of hydrogen-bond donors (Lipinski definition) is 1. The van der Waals surface area contributed by atoms with Gasteiger partial charge in [0.1, 0.15) is 12.6 Å². The van der Waals surface area contributed by atoms with Crippen LogP contribution in [-0.4, -0.2) is 44.3 Å². The molecule has 2 amide bonds. The second kappa shape index (κ2) is 12.5. The Labute approximate surface area is 230 Å². The zero-order valence-corrected chi connectivity index (χ0v) is 23.9. The van der Waals surface area contributed by atoms with Gasteiger partial charge in [-0.15, -0.1) is 0 Å². The number of nitrogens with zero attached hydrogens (tertiary/aromatic N) is 2. The molecule has 7 nitrogen and oxygen atoms in total. The van der Waals surface area contributed by atoms with Crippen LogP contribution < -0.4 is 9.62 Å². The van der Waals surface area contributed by atoms with E-state index >= 15 is 0 Å². The number of nitrogens with one attached hydrogen (secondary N) is 1. The van der Waals surface area contributed by atoms with Gasteiger partial charge in [-0.2, -0.15) is 0 Å². The summed E-state index contributed by atoms with van der Waals surface area (Å²) in [5.74, 6) is -0.869. The molecule has 0 aliphatic heterocycles. The second-order valence-corrected chi connectivity index (χ2v) is 11.6. The lowest BCUT2D eigenvalue weighted by Crippen LogP contribution is -2.51. The predicted molar refractivity (Wildman–Crippen MR) is 152 cm³/mol. The quantitative estimate of drug-likeness (QED) is 0.381. The van der Waals surface area contributed by atoms with E-state index in [1.807, 2.05) is 32.9 Å². The topological polar surface area (TPSA) is 86.8 Å². The third-order valence-corrected chi connectivity index (χ3v) is 8.47. The van der Waals surface area contributed by atoms with E-state index in [2.05, 4.69) is 5.32 Å². The van der Waals surface area contributed by atoms with Gasteiger partial charge in [-0.05, 0) is 70.0 Å². The molecular weight excluding hydrogens is 522 g/mol. The van der Waals surface area contributed by atoms with E-state index in [-0.39, 0.29) is 17.3 Å². The van der Waals surface area contributed by atoms with Crippen molar-refractivity contribution >= 4 is 39.1 Å². The summed E-state index contributed by atoms with van der Waals surface area (Å²) in [6.07, 6.45) is 0. The van der Waals surface area contributed by atoms with Gasteiger partial charge in [-0.1, -0.05) is 65.2 Å². The molecule has 0 unspecified atom stereocenters. The van der Waals surface area contributed by atoms with E-state index in [0.29, 0.717) is 28.4 Å². The molecule has 0 fully saturated rings. The fourth-order valence-electron chi connectivity index (χ4n) is 4.15. The summed E-state index contributed by atoms with van der Waals surface area (Å²) < 4.78 is 28.9. The maximum Gasteiger partial charge on any atom is 0.264 e. The first-order chi connectivity index (χ1) is 17.9. The number of halogens is 1. The normalized spacial score (nSPS) is 12.1. The molecule has 0 radical (unpaired) electrons. The maximum atomic E-state index is 13.9. The minimum absolute atomic E-state index is 0.0438. The molecule has 202 valence electrons. The summed E-state index contributed by atoms with van der Waals surface area (Å²) in [5, 5.41) is 3.20. The molecule has 0 aliphatic carbocycles. The molecule has 1 N–H and O–H groups in total. The van der Waals surface area contributed by atoms with Crippen LogP contribution in [0.4, 0.5) is 5.69 Å². The van der Waals surface area contributed by atoms with E-state index in [1.165, 1.54) is 17.0 Å². The van der Waals surface area contributed by atoms with Crippen LogP contribution in [-0.2, 0) is 26.2 Å². The fourth-order valence-corrected chi connectivity index (χ4v) is 5.82. The van der Waals surface area contributed by atoms with Gasteiger partial charge in [-0.3, -0.25) is 13.9 Å². The third-order valence-electron chi connectivity index (χ3n) is 6.33. The zero-order chi connectivity index (χ0) is 28.0. The summed E-state index contributed by atoms with van der Waals surface area (Å²) in [4.78, 5) is 28.1. The number of hydrogen-bond acceptors (Lipinski definition) is 4. The minimum atomic E-state index is -4.11. The molecule has 0 saturated carbocycles. The molecule has 9 heteroatoms. The molecule has 0 bridgehead atoms. The van der Waals surface area contributed by atoms with E-state index in [4.69, 9.17) is 11.6 Å². The highest BCUT2D eigenvalue weighted by Crippen LogP contribution is 2.28. The predicted octanol–water partition coefficient (Wildman–Crippen LogP) is 5.01. The van der Waals surface area contributed by atoms with Gasteiger partial charge in [0.25, 0.3) is 10.0 Å². The molecule has 0 aliphatic rings. The molecule has 38 heavy (non-hydrogen) atoms. The lowest BCUT2D eigenvalue weighted by atomic mass is 10.1. The number of amides is 2. The molecular formula is C29H34ClN3O4S. The van der Waals surface area contributed by atoms with E-state index < -0.39 is 28.5 Å². The Morgan fingerprint density at radius 2 is 1.58 bits per heavy atom. The Morgan fingerprint density at radius 1 is 0.947 bits per heavy atom. The Morgan fingerprint density at radius 3 is 2.18 bits per heavy atom. The summed E-state index contributed by atoms with van der Waals surface area (Å²) in [6.45, 7) is 8.96. The van der Waals surface area contributed by atoms with Crippen LogP contribution in [0.3, 0.4) is 0 Å². The van der Waals surface area contributed by atoms with E-state index in [0.717, 1.165) is 15.4 Å². The number of anilines is 1. The van der Waals surface area contributed by atoms with Crippen molar-refractivity contribution < 1.29 is 18.0 Å². The lowest BCUT2D eigenvalue weighted by molar-refractivity contribution is -0.139. The van der Waals surface area contributed by atoms with Gasteiger partial charge in [0.2, 0.25) is 11.8 Å². The van der Waals surface area contributed by atoms with Gasteiger partial charge >= 0.3 is 0 Å². The smallest absolute Gasteiger partial charge is 0.264 e. The standard InChI is InChI=1S/C29H34ClN3O4S/c1-6-31-29(35)23(5)32(18-24-9-7-8-10-26(24)30)28(34)19-33(27-16-13-21(3)17-22(27)4)38(36,37)25-14-11-20(2)12-15-25/h7-17,23H,6,18-19H2,1-5H3,(H,31,35)/t23-/m1/s1. The largest absolute Gasteiger partial charge is 0.355 e. The van der Waals surface area contributed by atoms with Crippen molar-refractivity contribution in [3.05, 3.63) is 94.0 Å². The Hall–Kier alpha value is -3.36. The number of likely N-dealkylation sites (N-methyl/N-ethyl adjacent to an activating group) is 1. The van der Waals surface area contributed by atoms with Crippen molar-refractivity contribution in [3.8, 4) is 0 Å². The summed E-state index contributed by atoms with van der Waals surface area (Å²) in [5.41, 5.74) is 3.64. The maximum absolute atomic E-state index is 13.9. The van der Waals surface area contributed by atoms with Crippen LogP contribution in [0.1, 0.15) is 36.1 Å². The van der Waals surface area contributed by atoms with Gasteiger partial charge < -0.3 is 10.2 Å². The van der Waals surface area contributed by atoms with Crippen LogP contribution in [0, 0.1) is 20.8 Å². The number of sulfonamides is 1. The second-order valence-electron chi connectivity index (χ2n) is 9.30. The first-order valence-corrected chi connectivity index (χ1v) is 14.2. The van der Waals surface area contributed by atoms with E-state index in [1.54, 1.807) is 56.3 Å². The first kappa shape index (κ1) is 29.2. The van der Waals surface area contributed by atoms with Gasteiger partial charge in [0.15, 0.2) is 0 Å². The Balaban J connectivity index is 2.08. The van der Waals surface area contributed by atoms with Crippen LogP contribution in [0.25, 0.3) is 0 Å². The highest BCUT2D eigenvalue weighted by atomic mass is 35.5. The van der Waals surface area contributed by atoms with E-state index in [9.17, 15) is 18.0 Å². The molecule has 3 aromatic rings. The Bertz CT molecular complexity index is 1410. The minimum Gasteiger partial charge on any atom is -0.355 e. The van der Waals surface area contributed by atoms with Crippen LogP contribution >= 0.6 is 11.6 Å². The van der Waals surface area contributed by atoms with Crippen LogP contribution in [0.5, 0.6) is 0 Å². The zero-order valence-electron chi connectivity index (χ0n) is 22.4. The van der Waals surface area contributed by atoms with Gasteiger partial charge in [0, 0.05) is 18.1 Å². The highest BCUT2D eigenvalue weighted by Gasteiger charge is 2.33. The summed E-state index contributed by atoms with van der Waals surface area (Å²) in [7, 11) is -4.11. The first-order valence-electron chi connectivity index (χ1n) is 12.4. The Kier molecular flexibility index (Phi) is 9.57. The van der Waals surface area contributed by atoms with Crippen molar-refractivity contribution in [1.82, 2.24) is 10.2 Å². The molecule has 3 rings (SSSR count). The lowest BCUT2D eigenvalue weighted by Gasteiger charge is -2.32. The average Bonchev–Trinajstić information content (AvgIpc) is 2.87. The number of aryl methyl sites for hydroxylation is 3. The summed E-state index contributed by atoms with van der Waals surface area (Å²) >= 11 is 6.38. The third kappa shape index (κ3) is 6.74. The summed E-state index contributed by atoms with van der Waals surface area (Å²) in [6, 6.07) is 18.1. The van der Waals surface area contributed by atoms with Crippen molar-refractivity contribution in [3.63, 3.8) is 0 Å². The van der Waals surface area contributed by atoms with Gasteiger partial charge in [0.05, 0.1) is 10.6 Å². The molecule has 0 heterocycles. The van der Waals surface area contributed by atoms with Crippen LogP contribution in [0.2, 0.25) is 5.02 Å². The number of carbonyl (C=O) groups excluding carboxylic acids is 2. The molecule has 1 atom stereocenters. The fraction of sp³-hybridized carbons (Fsp3) is 0.310. The number of rotatable bonds is 10. The average molecular weight is 556 g/mol. The van der Waals surface area contributed by atoms with Crippen molar-refractivity contribution in [2.24, 2.45) is 0 Å². The number of benzene rings is 3. The molecule has 0 spiro atoms. The molecule has 0 aromatic heterocycles. The van der Waals surface area contributed by atoms with Gasteiger partial charge in [-0.25, -0.2) is 8.42 Å². The van der Waals surface area contributed by atoms with Crippen LogP contribution in [0.15, 0.2) is 71.6 Å². The monoisotopic (exact) mass is 555 g/mol. The SMILES string of the molecule is CCNC(=O)[C@@H](C)N(Cc1ccccc1Cl)C(=O)CN(c1ccc(C)cc1C)S(=O)(=O)c1ccc(C)cc1. The molecule has 3 aromatic carbocycles. The van der Waals surface area contributed by atoms with Crippen molar-refractivity contribution in [1.29, 1.82) is 0 Å². The number of carbonyl (C=O) groups is 2. The van der Waals surface area contributed by atoms with Crippen molar-refractivity contribution in [2.75, 3.05) is 17.4 Å².